The van der Waals surface area contributed by atoms with Crippen LogP contribution in [0.25, 0.3) is 0 Å². The molecule has 0 aromatic carbocycles. The van der Waals surface area contributed by atoms with Crippen LogP contribution in [0.1, 0.15) is 11.1 Å². The monoisotopic (exact) mass is 215 g/mol. The van der Waals surface area contributed by atoms with Gasteiger partial charge in [0.05, 0.1) is 6.54 Å². The van der Waals surface area contributed by atoms with Gasteiger partial charge in [0.15, 0.2) is 0 Å². The van der Waals surface area contributed by atoms with Crippen molar-refractivity contribution in [2.45, 2.75) is 13.1 Å². The van der Waals surface area contributed by atoms with Crippen molar-refractivity contribution in [2.24, 2.45) is 5.73 Å². The van der Waals surface area contributed by atoms with Gasteiger partial charge in [0, 0.05) is 30.7 Å². The molecule has 0 saturated carbocycles. The lowest BCUT2D eigenvalue weighted by molar-refractivity contribution is 0.741. The van der Waals surface area contributed by atoms with Crippen molar-refractivity contribution >= 4 is 0 Å². The summed E-state index contributed by atoms with van der Waals surface area (Å²) in [5, 5.41) is 0. The molecule has 2 aromatic rings. The first-order chi connectivity index (χ1) is 7.81. The molecule has 2 aromatic heterocycles. The van der Waals surface area contributed by atoms with Crippen LogP contribution in [-0.2, 0) is 13.1 Å². The lowest BCUT2D eigenvalue weighted by atomic mass is 10.2. The van der Waals surface area contributed by atoms with E-state index in [0.29, 0.717) is 12.1 Å². The Hall–Kier alpha value is -1.94. The summed E-state index contributed by atoms with van der Waals surface area (Å²) in [5.74, 6) is 0. The summed E-state index contributed by atoms with van der Waals surface area (Å²) >= 11 is 0. The highest BCUT2D eigenvalue weighted by molar-refractivity contribution is 5.13. The molecular formula is C12H13N3O. The Morgan fingerprint density at radius 2 is 2.19 bits per heavy atom. The molecule has 4 nitrogen and oxygen atoms in total. The maximum atomic E-state index is 11.9. The van der Waals surface area contributed by atoms with E-state index in [-0.39, 0.29) is 12.1 Å². The SMILES string of the molecule is NCc1cccn(Cc2cccnc2)c1=O. The minimum Gasteiger partial charge on any atom is -0.326 e. The molecule has 0 atom stereocenters. The summed E-state index contributed by atoms with van der Waals surface area (Å²) < 4.78 is 1.64. The third-order valence-corrected chi connectivity index (χ3v) is 2.39. The van der Waals surface area contributed by atoms with Crippen molar-refractivity contribution in [3.05, 3.63) is 64.3 Å². The normalized spacial score (nSPS) is 10.3. The second-order valence-electron chi connectivity index (χ2n) is 3.53. The Kier molecular flexibility index (Phi) is 3.12. The lowest BCUT2D eigenvalue weighted by Gasteiger charge is -2.06. The van der Waals surface area contributed by atoms with E-state index in [0.717, 1.165) is 5.56 Å². The highest BCUT2D eigenvalue weighted by atomic mass is 16.1. The largest absolute Gasteiger partial charge is 0.326 e. The number of hydrogen-bond donors (Lipinski definition) is 1. The number of aromatic nitrogens is 2. The predicted octanol–water partition coefficient (Wildman–Crippen LogP) is 0.750. The fourth-order valence-corrected chi connectivity index (χ4v) is 1.55. The summed E-state index contributed by atoms with van der Waals surface area (Å²) in [6.07, 6.45) is 5.22. The maximum absolute atomic E-state index is 11.9. The molecule has 2 N–H and O–H groups in total. The summed E-state index contributed by atoms with van der Waals surface area (Å²) in [5.41, 5.74) is 7.08. The molecule has 0 aliphatic carbocycles. The molecule has 0 aliphatic rings. The van der Waals surface area contributed by atoms with Gasteiger partial charge in [-0.25, -0.2) is 0 Å². The summed E-state index contributed by atoms with van der Waals surface area (Å²) in [6.45, 7) is 0.799. The zero-order valence-electron chi connectivity index (χ0n) is 8.84. The molecule has 0 aliphatic heterocycles. The van der Waals surface area contributed by atoms with Crippen LogP contribution < -0.4 is 11.3 Å². The van der Waals surface area contributed by atoms with Gasteiger partial charge in [-0.3, -0.25) is 9.78 Å². The maximum Gasteiger partial charge on any atom is 0.255 e. The van der Waals surface area contributed by atoms with Crippen molar-refractivity contribution in [3.63, 3.8) is 0 Å². The second kappa shape index (κ2) is 4.72. The minimum absolute atomic E-state index is 0.0335. The van der Waals surface area contributed by atoms with Gasteiger partial charge in [0.1, 0.15) is 0 Å². The van der Waals surface area contributed by atoms with Crippen LogP contribution in [0.5, 0.6) is 0 Å². The van der Waals surface area contributed by atoms with Crippen LogP contribution in [0.4, 0.5) is 0 Å². The molecule has 2 rings (SSSR count). The zero-order chi connectivity index (χ0) is 11.4. The third-order valence-electron chi connectivity index (χ3n) is 2.39. The lowest BCUT2D eigenvalue weighted by Crippen LogP contribution is -2.24. The Bertz CT molecular complexity index is 519. The molecule has 0 unspecified atom stereocenters. The number of nitrogens with two attached hydrogens (primary N) is 1. The first-order valence-corrected chi connectivity index (χ1v) is 5.08. The molecule has 2 heterocycles. The summed E-state index contributed by atoms with van der Waals surface area (Å²) in [7, 11) is 0. The van der Waals surface area contributed by atoms with Crippen LogP contribution in [0.2, 0.25) is 0 Å². The van der Waals surface area contributed by atoms with Gasteiger partial charge in [-0.1, -0.05) is 12.1 Å². The topological polar surface area (TPSA) is 60.9 Å². The Morgan fingerprint density at radius 3 is 2.88 bits per heavy atom. The van der Waals surface area contributed by atoms with E-state index >= 15 is 0 Å². The molecular weight excluding hydrogens is 202 g/mol. The Labute approximate surface area is 93.4 Å². The zero-order valence-corrected chi connectivity index (χ0v) is 8.84. The fraction of sp³-hybridized carbons (Fsp3) is 0.167. The van der Waals surface area contributed by atoms with E-state index in [4.69, 9.17) is 5.73 Å². The van der Waals surface area contributed by atoms with E-state index in [2.05, 4.69) is 4.98 Å². The number of pyridine rings is 2. The first kappa shape index (κ1) is 10.6. The molecule has 0 radical (unpaired) electrons. The predicted molar refractivity (Wildman–Crippen MR) is 61.9 cm³/mol. The fourth-order valence-electron chi connectivity index (χ4n) is 1.55. The minimum atomic E-state index is -0.0335. The van der Waals surface area contributed by atoms with E-state index < -0.39 is 0 Å². The molecule has 0 bridgehead atoms. The Morgan fingerprint density at radius 1 is 1.31 bits per heavy atom. The van der Waals surface area contributed by atoms with Gasteiger partial charge in [0.25, 0.3) is 5.56 Å². The van der Waals surface area contributed by atoms with Gasteiger partial charge < -0.3 is 10.3 Å². The molecule has 4 heteroatoms. The van der Waals surface area contributed by atoms with Crippen LogP contribution >= 0.6 is 0 Å². The Balaban J connectivity index is 2.32. The van der Waals surface area contributed by atoms with E-state index in [1.807, 2.05) is 18.2 Å². The average Bonchev–Trinajstić information content (AvgIpc) is 2.33. The molecule has 16 heavy (non-hydrogen) atoms. The van der Waals surface area contributed by atoms with Gasteiger partial charge in [0.2, 0.25) is 0 Å². The highest BCUT2D eigenvalue weighted by Gasteiger charge is 2.01. The van der Waals surface area contributed by atoms with Gasteiger partial charge >= 0.3 is 0 Å². The van der Waals surface area contributed by atoms with Crippen molar-refractivity contribution < 1.29 is 0 Å². The average molecular weight is 215 g/mol. The molecule has 0 saturated heterocycles. The molecule has 0 fully saturated rings. The quantitative estimate of drug-likeness (QED) is 0.821. The van der Waals surface area contributed by atoms with Gasteiger partial charge in [-0.15, -0.1) is 0 Å². The molecule has 0 spiro atoms. The van der Waals surface area contributed by atoms with E-state index in [9.17, 15) is 4.79 Å². The van der Waals surface area contributed by atoms with Crippen LogP contribution in [0.3, 0.4) is 0 Å². The van der Waals surface area contributed by atoms with Crippen LogP contribution in [0.15, 0.2) is 47.7 Å². The summed E-state index contributed by atoms with van der Waals surface area (Å²) in [4.78, 5) is 15.9. The number of nitrogens with zero attached hydrogens (tertiary/aromatic N) is 2. The van der Waals surface area contributed by atoms with Crippen molar-refractivity contribution in [2.75, 3.05) is 0 Å². The van der Waals surface area contributed by atoms with Crippen molar-refractivity contribution in [1.29, 1.82) is 0 Å². The third kappa shape index (κ3) is 2.17. The van der Waals surface area contributed by atoms with E-state index in [1.165, 1.54) is 0 Å². The smallest absolute Gasteiger partial charge is 0.255 e. The van der Waals surface area contributed by atoms with Crippen molar-refractivity contribution in [1.82, 2.24) is 9.55 Å². The first-order valence-electron chi connectivity index (χ1n) is 5.08. The van der Waals surface area contributed by atoms with Crippen LogP contribution in [0, 0.1) is 0 Å². The molecule has 82 valence electrons. The summed E-state index contributed by atoms with van der Waals surface area (Å²) in [6, 6.07) is 7.38. The number of rotatable bonds is 3. The van der Waals surface area contributed by atoms with E-state index in [1.54, 1.807) is 29.2 Å². The highest BCUT2D eigenvalue weighted by Crippen LogP contribution is 1.99. The van der Waals surface area contributed by atoms with Crippen LogP contribution in [-0.4, -0.2) is 9.55 Å². The second-order valence-corrected chi connectivity index (χ2v) is 3.53. The van der Waals surface area contributed by atoms with Gasteiger partial charge in [-0.2, -0.15) is 0 Å². The number of hydrogen-bond acceptors (Lipinski definition) is 3. The molecule has 0 amide bonds. The standard InChI is InChI=1S/C12H13N3O/c13-7-11-4-2-6-15(12(11)16)9-10-3-1-5-14-8-10/h1-6,8H,7,9,13H2. The van der Waals surface area contributed by atoms with Crippen molar-refractivity contribution in [3.8, 4) is 0 Å². The van der Waals surface area contributed by atoms with Gasteiger partial charge in [-0.05, 0) is 17.7 Å².